The van der Waals surface area contributed by atoms with Crippen LogP contribution in [0.1, 0.15) is 22.9 Å². The maximum atomic E-state index is 5.80. The average Bonchev–Trinajstić information content (AvgIpc) is 2.33. The van der Waals surface area contributed by atoms with Crippen LogP contribution in [0.5, 0.6) is 0 Å². The Morgan fingerprint density at radius 1 is 1.55 bits per heavy atom. The van der Waals surface area contributed by atoms with Crippen LogP contribution >= 0.6 is 0 Å². The summed E-state index contributed by atoms with van der Waals surface area (Å²) in [6.07, 6.45) is 0.0462. The summed E-state index contributed by atoms with van der Waals surface area (Å²) in [5.41, 5.74) is 9.68. The van der Waals surface area contributed by atoms with E-state index in [4.69, 9.17) is 5.73 Å². The van der Waals surface area contributed by atoms with Crippen molar-refractivity contribution in [2.45, 2.75) is 19.6 Å². The summed E-state index contributed by atoms with van der Waals surface area (Å²) in [5, 5.41) is 3.19. The molecule has 1 atom stereocenters. The van der Waals surface area contributed by atoms with Crippen LogP contribution < -0.4 is 11.1 Å². The van der Waals surface area contributed by atoms with E-state index in [1.165, 1.54) is 16.7 Å². The Balaban J connectivity index is 2.52. The molecule has 0 aliphatic carbocycles. The van der Waals surface area contributed by atoms with Crippen LogP contribution in [0.4, 0.5) is 0 Å². The highest BCUT2D eigenvalue weighted by Gasteiger charge is 2.16. The Bertz CT molecular complexity index is 281. The van der Waals surface area contributed by atoms with E-state index in [2.05, 4.69) is 30.4 Å². The fourth-order valence-corrected chi connectivity index (χ4v) is 1.49. The van der Waals surface area contributed by atoms with Crippen molar-refractivity contribution in [3.63, 3.8) is 0 Å². The zero-order valence-corrected chi connectivity index (χ0v) is 6.59. The smallest absolute Gasteiger partial charge is 0.0815 e. The third-order valence-corrected chi connectivity index (χ3v) is 2.15. The summed E-state index contributed by atoms with van der Waals surface area (Å²) in [4.78, 5) is 0. The average molecular weight is 148 g/mol. The molecule has 0 aromatic heterocycles. The maximum Gasteiger partial charge on any atom is 0.0815 e. The molecule has 0 bridgehead atoms. The van der Waals surface area contributed by atoms with Gasteiger partial charge in [0.1, 0.15) is 0 Å². The van der Waals surface area contributed by atoms with Crippen molar-refractivity contribution in [1.29, 1.82) is 0 Å². The first-order valence-corrected chi connectivity index (χ1v) is 3.86. The fraction of sp³-hybridized carbons (Fsp3) is 0.333. The molecule has 1 heterocycles. The van der Waals surface area contributed by atoms with E-state index >= 15 is 0 Å². The van der Waals surface area contributed by atoms with Crippen LogP contribution in [-0.2, 0) is 6.54 Å². The molecule has 3 N–H and O–H groups in total. The van der Waals surface area contributed by atoms with E-state index in [0.29, 0.717) is 0 Å². The summed E-state index contributed by atoms with van der Waals surface area (Å²) < 4.78 is 0. The molecule has 0 saturated carbocycles. The normalized spacial score (nSPS) is 21.8. The monoisotopic (exact) mass is 148 g/mol. The lowest BCUT2D eigenvalue weighted by atomic mass is 10.1. The molecular formula is C9H12N2. The van der Waals surface area contributed by atoms with Crippen molar-refractivity contribution >= 4 is 0 Å². The molecule has 2 nitrogen and oxygen atoms in total. The summed E-state index contributed by atoms with van der Waals surface area (Å²) in [7, 11) is 0. The van der Waals surface area contributed by atoms with E-state index in [1.54, 1.807) is 0 Å². The zero-order valence-electron chi connectivity index (χ0n) is 6.59. The van der Waals surface area contributed by atoms with Crippen molar-refractivity contribution in [1.82, 2.24) is 5.32 Å². The molecule has 1 aliphatic heterocycles. The van der Waals surface area contributed by atoms with E-state index < -0.39 is 0 Å². The SMILES string of the molecule is Cc1ccc2c(c1)C(N)NC2. The number of hydrogen-bond acceptors (Lipinski definition) is 2. The summed E-state index contributed by atoms with van der Waals surface area (Å²) in [5.74, 6) is 0. The summed E-state index contributed by atoms with van der Waals surface area (Å²) >= 11 is 0. The van der Waals surface area contributed by atoms with Gasteiger partial charge in [0.25, 0.3) is 0 Å². The number of nitrogens with one attached hydrogen (secondary N) is 1. The molecule has 58 valence electrons. The standard InChI is InChI=1S/C9H12N2/c1-6-2-3-7-5-11-9(10)8(7)4-6/h2-4,9,11H,5,10H2,1H3. The lowest BCUT2D eigenvalue weighted by Gasteiger charge is -2.04. The number of benzene rings is 1. The fourth-order valence-electron chi connectivity index (χ4n) is 1.49. The molecule has 1 aliphatic rings. The van der Waals surface area contributed by atoms with E-state index in [-0.39, 0.29) is 6.17 Å². The molecule has 0 amide bonds. The first-order valence-electron chi connectivity index (χ1n) is 3.86. The Morgan fingerprint density at radius 2 is 2.36 bits per heavy atom. The van der Waals surface area contributed by atoms with Crippen LogP contribution in [0, 0.1) is 6.92 Å². The molecular weight excluding hydrogens is 136 g/mol. The zero-order chi connectivity index (χ0) is 7.84. The molecule has 0 fully saturated rings. The second-order valence-corrected chi connectivity index (χ2v) is 3.06. The van der Waals surface area contributed by atoms with Crippen LogP contribution in [0.25, 0.3) is 0 Å². The molecule has 1 aromatic rings. The van der Waals surface area contributed by atoms with E-state index in [9.17, 15) is 0 Å². The number of nitrogens with two attached hydrogens (primary N) is 1. The van der Waals surface area contributed by atoms with Gasteiger partial charge in [0.2, 0.25) is 0 Å². The number of hydrogen-bond donors (Lipinski definition) is 2. The van der Waals surface area contributed by atoms with Gasteiger partial charge in [-0.15, -0.1) is 0 Å². The molecule has 0 radical (unpaired) electrons. The minimum Gasteiger partial charge on any atom is -0.312 e. The molecule has 2 rings (SSSR count). The van der Waals surface area contributed by atoms with Gasteiger partial charge in [-0.1, -0.05) is 23.8 Å². The quantitative estimate of drug-likeness (QED) is 0.577. The number of rotatable bonds is 0. The highest BCUT2D eigenvalue weighted by atomic mass is 15.0. The Labute approximate surface area is 66.4 Å². The lowest BCUT2D eigenvalue weighted by molar-refractivity contribution is 0.607. The first-order chi connectivity index (χ1) is 5.27. The van der Waals surface area contributed by atoms with Gasteiger partial charge in [-0.3, -0.25) is 5.32 Å². The van der Waals surface area contributed by atoms with Gasteiger partial charge < -0.3 is 5.73 Å². The molecule has 1 aromatic carbocycles. The van der Waals surface area contributed by atoms with E-state index in [0.717, 1.165) is 6.54 Å². The largest absolute Gasteiger partial charge is 0.312 e. The summed E-state index contributed by atoms with van der Waals surface area (Å²) in [6, 6.07) is 6.42. The van der Waals surface area contributed by atoms with Gasteiger partial charge in [0.05, 0.1) is 6.17 Å². The van der Waals surface area contributed by atoms with Crippen molar-refractivity contribution in [3.8, 4) is 0 Å². The van der Waals surface area contributed by atoms with Crippen LogP contribution in [0.2, 0.25) is 0 Å². The van der Waals surface area contributed by atoms with Gasteiger partial charge in [0, 0.05) is 6.54 Å². The predicted octanol–water partition coefficient (Wildman–Crippen LogP) is 1.06. The second-order valence-electron chi connectivity index (χ2n) is 3.06. The molecule has 0 spiro atoms. The van der Waals surface area contributed by atoms with Crippen LogP contribution in [-0.4, -0.2) is 0 Å². The molecule has 11 heavy (non-hydrogen) atoms. The Morgan fingerprint density at radius 3 is 3.18 bits per heavy atom. The van der Waals surface area contributed by atoms with E-state index in [1.807, 2.05) is 0 Å². The highest BCUT2D eigenvalue weighted by molar-refractivity contribution is 5.36. The lowest BCUT2D eigenvalue weighted by Crippen LogP contribution is -2.20. The van der Waals surface area contributed by atoms with Gasteiger partial charge in [-0.05, 0) is 18.1 Å². The van der Waals surface area contributed by atoms with Crippen molar-refractivity contribution < 1.29 is 0 Å². The van der Waals surface area contributed by atoms with Crippen molar-refractivity contribution in [2.75, 3.05) is 0 Å². The Hall–Kier alpha value is -0.860. The second kappa shape index (κ2) is 2.32. The topological polar surface area (TPSA) is 38.0 Å². The van der Waals surface area contributed by atoms with Crippen LogP contribution in [0.3, 0.4) is 0 Å². The predicted molar refractivity (Wildman–Crippen MR) is 44.9 cm³/mol. The minimum atomic E-state index is 0.0462. The van der Waals surface area contributed by atoms with Gasteiger partial charge in [-0.2, -0.15) is 0 Å². The molecule has 0 saturated heterocycles. The Kier molecular flexibility index (Phi) is 1.44. The number of fused-ring (bicyclic) bond motifs is 1. The molecule has 2 heteroatoms. The van der Waals surface area contributed by atoms with Crippen LogP contribution in [0.15, 0.2) is 18.2 Å². The van der Waals surface area contributed by atoms with Crippen molar-refractivity contribution in [2.24, 2.45) is 5.73 Å². The third-order valence-electron chi connectivity index (χ3n) is 2.15. The molecule has 1 unspecified atom stereocenters. The van der Waals surface area contributed by atoms with Gasteiger partial charge in [-0.25, -0.2) is 0 Å². The minimum absolute atomic E-state index is 0.0462. The third kappa shape index (κ3) is 1.04. The maximum absolute atomic E-state index is 5.80. The first kappa shape index (κ1) is 6.83. The van der Waals surface area contributed by atoms with Gasteiger partial charge >= 0.3 is 0 Å². The summed E-state index contributed by atoms with van der Waals surface area (Å²) in [6.45, 7) is 3.00. The highest BCUT2D eigenvalue weighted by Crippen LogP contribution is 2.21. The van der Waals surface area contributed by atoms with Crippen molar-refractivity contribution in [3.05, 3.63) is 34.9 Å². The number of aryl methyl sites for hydroxylation is 1. The van der Waals surface area contributed by atoms with Gasteiger partial charge in [0.15, 0.2) is 0 Å².